The molecule has 1 aromatic rings. The summed E-state index contributed by atoms with van der Waals surface area (Å²) in [6.45, 7) is 1.94. The summed E-state index contributed by atoms with van der Waals surface area (Å²) >= 11 is 3.62. The van der Waals surface area contributed by atoms with E-state index in [0.29, 0.717) is 0 Å². The summed E-state index contributed by atoms with van der Waals surface area (Å²) < 4.78 is 0. The highest BCUT2D eigenvalue weighted by Gasteiger charge is 2.17. The quantitative estimate of drug-likeness (QED) is 0.783. The van der Waals surface area contributed by atoms with Gasteiger partial charge in [-0.2, -0.15) is 0 Å². The van der Waals surface area contributed by atoms with Crippen molar-refractivity contribution in [2.75, 3.05) is 5.33 Å². The Hall–Kier alpha value is -0.700. The third-order valence-electron chi connectivity index (χ3n) is 3.41. The van der Waals surface area contributed by atoms with Crippen LogP contribution in [0.2, 0.25) is 0 Å². The molecule has 0 aliphatic heterocycles. The molecule has 1 aliphatic rings. The number of allylic oxidation sites excluding steroid dienone is 1. The number of aryl methyl sites for hydroxylation is 1. The Labute approximate surface area is 112 Å². The maximum atomic E-state index is 4.45. The van der Waals surface area contributed by atoms with Gasteiger partial charge in [0.25, 0.3) is 0 Å². The van der Waals surface area contributed by atoms with Crippen molar-refractivity contribution in [1.82, 2.24) is 9.97 Å². The Bertz CT molecular complexity index is 395. The number of halogens is 1. The van der Waals surface area contributed by atoms with Crippen LogP contribution >= 0.6 is 15.9 Å². The zero-order valence-electron chi connectivity index (χ0n) is 10.3. The van der Waals surface area contributed by atoms with Crippen LogP contribution in [0.4, 0.5) is 0 Å². The topological polar surface area (TPSA) is 25.8 Å². The Morgan fingerprint density at radius 3 is 2.82 bits per heavy atom. The van der Waals surface area contributed by atoms with Crippen molar-refractivity contribution in [3.05, 3.63) is 29.4 Å². The van der Waals surface area contributed by atoms with Gasteiger partial charge in [0.05, 0.1) is 5.69 Å². The van der Waals surface area contributed by atoms with Crippen LogP contribution < -0.4 is 0 Å². The van der Waals surface area contributed by atoms with Gasteiger partial charge in [0.1, 0.15) is 5.82 Å². The van der Waals surface area contributed by atoms with Gasteiger partial charge in [-0.3, -0.25) is 0 Å². The second-order valence-electron chi connectivity index (χ2n) is 4.72. The molecule has 0 radical (unpaired) electrons. The summed E-state index contributed by atoms with van der Waals surface area (Å²) in [5.41, 5.74) is 2.53. The number of rotatable bonds is 3. The van der Waals surface area contributed by atoms with Crippen LogP contribution in [0.5, 0.6) is 0 Å². The molecule has 0 atom stereocenters. The van der Waals surface area contributed by atoms with Crippen molar-refractivity contribution in [3.63, 3.8) is 0 Å². The van der Waals surface area contributed by atoms with E-state index in [1.165, 1.54) is 37.7 Å². The van der Waals surface area contributed by atoms with Gasteiger partial charge >= 0.3 is 0 Å². The van der Waals surface area contributed by atoms with Crippen LogP contribution in [-0.2, 0) is 0 Å². The molecule has 2 nitrogen and oxygen atoms in total. The average Bonchev–Trinajstić information content (AvgIpc) is 2.37. The number of alkyl halides is 1. The SMILES string of the molecule is Cc1nccc(/C=C(/CBr)C2CCCCC2)n1. The first kappa shape index (κ1) is 12.7. The average molecular weight is 295 g/mol. The van der Waals surface area contributed by atoms with Crippen molar-refractivity contribution in [3.8, 4) is 0 Å². The summed E-state index contributed by atoms with van der Waals surface area (Å²) in [7, 11) is 0. The first-order valence-corrected chi connectivity index (χ1v) is 7.48. The van der Waals surface area contributed by atoms with Gasteiger partial charge in [-0.15, -0.1) is 0 Å². The van der Waals surface area contributed by atoms with E-state index in [1.54, 1.807) is 0 Å². The molecule has 0 bridgehead atoms. The highest BCUT2D eigenvalue weighted by molar-refractivity contribution is 9.09. The lowest BCUT2D eigenvalue weighted by Gasteiger charge is -2.23. The summed E-state index contributed by atoms with van der Waals surface area (Å²) in [4.78, 5) is 8.58. The summed E-state index contributed by atoms with van der Waals surface area (Å²) in [5, 5.41) is 0.959. The fourth-order valence-electron chi connectivity index (χ4n) is 2.48. The maximum Gasteiger partial charge on any atom is 0.125 e. The van der Waals surface area contributed by atoms with Crippen LogP contribution in [0, 0.1) is 12.8 Å². The predicted octanol–water partition coefficient (Wildman–Crippen LogP) is 4.14. The minimum Gasteiger partial charge on any atom is -0.242 e. The van der Waals surface area contributed by atoms with Gasteiger partial charge in [0.15, 0.2) is 0 Å². The molecule has 1 aliphatic carbocycles. The van der Waals surface area contributed by atoms with Gasteiger partial charge in [-0.05, 0) is 37.8 Å². The zero-order valence-corrected chi connectivity index (χ0v) is 11.9. The van der Waals surface area contributed by atoms with Gasteiger partial charge in [0.2, 0.25) is 0 Å². The number of nitrogens with zero attached hydrogens (tertiary/aromatic N) is 2. The van der Waals surface area contributed by atoms with Gasteiger partial charge in [-0.25, -0.2) is 9.97 Å². The monoisotopic (exact) mass is 294 g/mol. The molecule has 1 saturated carbocycles. The first-order chi connectivity index (χ1) is 8.29. The van der Waals surface area contributed by atoms with Crippen molar-refractivity contribution < 1.29 is 0 Å². The maximum absolute atomic E-state index is 4.45. The molecule has 2 rings (SSSR count). The fraction of sp³-hybridized carbons (Fsp3) is 0.571. The minimum absolute atomic E-state index is 0.749. The van der Waals surface area contributed by atoms with E-state index in [0.717, 1.165) is 22.8 Å². The van der Waals surface area contributed by atoms with E-state index in [1.807, 2.05) is 19.2 Å². The molecule has 1 heterocycles. The molecular weight excluding hydrogens is 276 g/mol. The molecule has 17 heavy (non-hydrogen) atoms. The largest absolute Gasteiger partial charge is 0.242 e. The van der Waals surface area contributed by atoms with Crippen LogP contribution in [0.1, 0.15) is 43.6 Å². The van der Waals surface area contributed by atoms with E-state index in [2.05, 4.69) is 32.0 Å². The Balaban J connectivity index is 2.16. The van der Waals surface area contributed by atoms with E-state index in [9.17, 15) is 0 Å². The Kier molecular flexibility index (Phi) is 4.72. The molecule has 1 fully saturated rings. The second-order valence-corrected chi connectivity index (χ2v) is 5.28. The number of aromatic nitrogens is 2. The summed E-state index contributed by atoms with van der Waals surface area (Å²) in [5.74, 6) is 1.59. The van der Waals surface area contributed by atoms with Crippen LogP contribution in [-0.4, -0.2) is 15.3 Å². The summed E-state index contributed by atoms with van der Waals surface area (Å²) in [6, 6.07) is 1.98. The number of hydrogen-bond donors (Lipinski definition) is 0. The Morgan fingerprint density at radius 1 is 1.41 bits per heavy atom. The van der Waals surface area contributed by atoms with E-state index in [4.69, 9.17) is 0 Å². The zero-order chi connectivity index (χ0) is 12.1. The number of hydrogen-bond acceptors (Lipinski definition) is 2. The van der Waals surface area contributed by atoms with Crippen molar-refractivity contribution in [1.29, 1.82) is 0 Å². The van der Waals surface area contributed by atoms with Crippen LogP contribution in [0.15, 0.2) is 17.8 Å². The molecule has 0 unspecified atom stereocenters. The third kappa shape index (κ3) is 3.63. The van der Waals surface area contributed by atoms with Gasteiger partial charge in [0, 0.05) is 11.5 Å². The first-order valence-electron chi connectivity index (χ1n) is 6.35. The molecule has 0 amide bonds. The molecular formula is C14H19BrN2. The third-order valence-corrected chi connectivity index (χ3v) is 4.06. The van der Waals surface area contributed by atoms with Crippen molar-refractivity contribution in [2.45, 2.75) is 39.0 Å². The second kappa shape index (κ2) is 6.29. The fourth-order valence-corrected chi connectivity index (χ4v) is 3.10. The molecule has 0 aromatic carbocycles. The van der Waals surface area contributed by atoms with Crippen LogP contribution in [0.3, 0.4) is 0 Å². The van der Waals surface area contributed by atoms with Gasteiger partial charge < -0.3 is 0 Å². The molecule has 0 N–H and O–H groups in total. The highest BCUT2D eigenvalue weighted by atomic mass is 79.9. The minimum atomic E-state index is 0.749. The van der Waals surface area contributed by atoms with Crippen LogP contribution in [0.25, 0.3) is 6.08 Å². The molecule has 3 heteroatoms. The lowest BCUT2D eigenvalue weighted by molar-refractivity contribution is 0.405. The Morgan fingerprint density at radius 2 is 2.18 bits per heavy atom. The van der Waals surface area contributed by atoms with Crippen molar-refractivity contribution in [2.24, 2.45) is 5.92 Å². The van der Waals surface area contributed by atoms with Crippen molar-refractivity contribution >= 4 is 22.0 Å². The lowest BCUT2D eigenvalue weighted by Crippen LogP contribution is -2.10. The van der Waals surface area contributed by atoms with E-state index in [-0.39, 0.29) is 0 Å². The smallest absolute Gasteiger partial charge is 0.125 e. The van der Waals surface area contributed by atoms with E-state index >= 15 is 0 Å². The molecule has 0 saturated heterocycles. The predicted molar refractivity (Wildman–Crippen MR) is 75.1 cm³/mol. The molecule has 0 spiro atoms. The van der Waals surface area contributed by atoms with E-state index < -0.39 is 0 Å². The molecule has 1 aromatic heterocycles. The standard InChI is InChI=1S/C14H19BrN2/c1-11-16-8-7-14(17-11)9-13(10-15)12-5-3-2-4-6-12/h7-9,12H,2-6,10H2,1H3/b13-9-. The molecule has 92 valence electrons. The normalized spacial score (nSPS) is 18.4. The summed E-state index contributed by atoms with van der Waals surface area (Å²) in [6.07, 6.45) is 10.9. The highest BCUT2D eigenvalue weighted by Crippen LogP contribution is 2.31. The van der Waals surface area contributed by atoms with Gasteiger partial charge in [-0.1, -0.05) is 40.8 Å². The lowest BCUT2D eigenvalue weighted by atomic mass is 9.84.